The highest BCUT2D eigenvalue weighted by atomic mass is 32.1. The van der Waals surface area contributed by atoms with Crippen LogP contribution in [0, 0.1) is 0 Å². The molecular formula is C25H28N8OS. The van der Waals surface area contributed by atoms with Crippen LogP contribution in [0.1, 0.15) is 12.8 Å². The van der Waals surface area contributed by atoms with Crippen LogP contribution in [0.15, 0.2) is 53.6 Å². The van der Waals surface area contributed by atoms with Gasteiger partial charge < -0.3 is 20.4 Å². The van der Waals surface area contributed by atoms with Crippen molar-refractivity contribution < 1.29 is 0 Å². The van der Waals surface area contributed by atoms with E-state index in [1.807, 2.05) is 36.5 Å². The molecule has 0 amide bonds. The topological polar surface area (TPSA) is 102 Å². The van der Waals surface area contributed by atoms with Crippen molar-refractivity contribution in [1.82, 2.24) is 25.3 Å². The van der Waals surface area contributed by atoms with Crippen molar-refractivity contribution in [1.29, 1.82) is 0 Å². The first-order chi connectivity index (χ1) is 17.2. The fourth-order valence-corrected chi connectivity index (χ4v) is 5.79. The summed E-state index contributed by atoms with van der Waals surface area (Å²) in [6.45, 7) is 5.09. The van der Waals surface area contributed by atoms with E-state index in [1.54, 1.807) is 6.20 Å². The van der Waals surface area contributed by atoms with Crippen molar-refractivity contribution in [2.24, 2.45) is 0 Å². The van der Waals surface area contributed by atoms with Gasteiger partial charge in [0.25, 0.3) is 5.56 Å². The molecule has 6 rings (SSSR count). The van der Waals surface area contributed by atoms with Crippen LogP contribution < -0.4 is 26.0 Å². The van der Waals surface area contributed by atoms with Gasteiger partial charge in [-0.3, -0.25) is 14.8 Å². The molecule has 2 aliphatic heterocycles. The van der Waals surface area contributed by atoms with Crippen LogP contribution in [0.3, 0.4) is 0 Å². The van der Waals surface area contributed by atoms with Gasteiger partial charge in [0.05, 0.1) is 22.1 Å². The first-order valence-electron chi connectivity index (χ1n) is 12.1. The Kier molecular flexibility index (Phi) is 6.05. The predicted molar refractivity (Wildman–Crippen MR) is 142 cm³/mol. The third kappa shape index (κ3) is 4.59. The molecule has 3 aromatic heterocycles. The van der Waals surface area contributed by atoms with Crippen LogP contribution in [0.4, 0.5) is 17.5 Å². The number of benzene rings is 1. The van der Waals surface area contributed by atoms with Crippen LogP contribution in [0.25, 0.3) is 20.8 Å². The molecule has 0 aliphatic carbocycles. The summed E-state index contributed by atoms with van der Waals surface area (Å²) in [6, 6.07) is 12.2. The number of para-hydroxylation sites is 1. The number of nitrogens with zero attached hydrogens (tertiary/aromatic N) is 5. The first kappa shape index (κ1) is 22.0. The number of fused-ring (bicyclic) bond motifs is 1. The molecule has 35 heavy (non-hydrogen) atoms. The average Bonchev–Trinajstić information content (AvgIpc) is 3.33. The summed E-state index contributed by atoms with van der Waals surface area (Å²) < 4.78 is 1.06. The van der Waals surface area contributed by atoms with Crippen LogP contribution in [0.5, 0.6) is 0 Å². The number of nitrogens with one attached hydrogen (secondary N) is 3. The lowest BCUT2D eigenvalue weighted by Gasteiger charge is -2.36. The van der Waals surface area contributed by atoms with Gasteiger partial charge in [-0.05, 0) is 43.7 Å². The number of hydrogen-bond acceptors (Lipinski definition) is 9. The molecule has 5 heterocycles. The Hall–Kier alpha value is -3.50. The van der Waals surface area contributed by atoms with E-state index in [-0.39, 0.29) is 11.6 Å². The highest BCUT2D eigenvalue weighted by molar-refractivity contribution is 7.21. The molecule has 9 nitrogen and oxygen atoms in total. The summed E-state index contributed by atoms with van der Waals surface area (Å²) in [5.41, 5.74) is 2.38. The lowest BCUT2D eigenvalue weighted by molar-refractivity contribution is 0.479. The van der Waals surface area contributed by atoms with Gasteiger partial charge in [0.15, 0.2) is 0 Å². The highest BCUT2D eigenvalue weighted by Gasteiger charge is 2.25. The van der Waals surface area contributed by atoms with Gasteiger partial charge in [-0.25, -0.2) is 4.98 Å². The van der Waals surface area contributed by atoms with E-state index in [1.165, 1.54) is 11.3 Å². The summed E-state index contributed by atoms with van der Waals surface area (Å²) in [6.07, 6.45) is 5.82. The Morgan fingerprint density at radius 1 is 1.03 bits per heavy atom. The van der Waals surface area contributed by atoms with Gasteiger partial charge in [0.1, 0.15) is 16.4 Å². The minimum Gasteiger partial charge on any atom is -0.367 e. The molecule has 2 fully saturated rings. The smallest absolute Gasteiger partial charge is 0.264 e. The van der Waals surface area contributed by atoms with Crippen molar-refractivity contribution in [3.05, 3.63) is 59.1 Å². The van der Waals surface area contributed by atoms with E-state index < -0.39 is 0 Å². The van der Waals surface area contributed by atoms with Crippen molar-refractivity contribution >= 4 is 39.0 Å². The maximum atomic E-state index is 13.5. The lowest BCUT2D eigenvalue weighted by atomic mass is 10.1. The number of aromatic amines is 1. The van der Waals surface area contributed by atoms with E-state index >= 15 is 0 Å². The van der Waals surface area contributed by atoms with Gasteiger partial charge >= 0.3 is 0 Å². The molecule has 180 valence electrons. The molecule has 1 aromatic carbocycles. The first-order valence-corrected chi connectivity index (χ1v) is 12.9. The fourth-order valence-electron chi connectivity index (χ4n) is 4.78. The zero-order valence-electron chi connectivity index (χ0n) is 19.4. The van der Waals surface area contributed by atoms with E-state index in [2.05, 4.69) is 36.5 Å². The van der Waals surface area contributed by atoms with Crippen molar-refractivity contribution in [2.75, 3.05) is 54.4 Å². The Morgan fingerprint density at radius 3 is 2.66 bits per heavy atom. The number of pyridine rings is 1. The Bertz CT molecular complexity index is 1320. The van der Waals surface area contributed by atoms with Gasteiger partial charge in [-0.2, -0.15) is 4.98 Å². The number of aromatic nitrogens is 4. The monoisotopic (exact) mass is 488 g/mol. The van der Waals surface area contributed by atoms with E-state index in [4.69, 9.17) is 9.97 Å². The van der Waals surface area contributed by atoms with Gasteiger partial charge in [0.2, 0.25) is 5.95 Å². The summed E-state index contributed by atoms with van der Waals surface area (Å²) >= 11 is 1.53. The van der Waals surface area contributed by atoms with E-state index in [0.29, 0.717) is 22.3 Å². The third-order valence-corrected chi connectivity index (χ3v) is 7.70. The molecule has 1 atom stereocenters. The minimum atomic E-state index is -0.157. The number of H-pyrrole nitrogens is 1. The van der Waals surface area contributed by atoms with Crippen LogP contribution >= 0.6 is 11.3 Å². The van der Waals surface area contributed by atoms with E-state index in [9.17, 15) is 4.79 Å². The molecule has 0 radical (unpaired) electrons. The molecule has 10 heteroatoms. The van der Waals surface area contributed by atoms with Gasteiger partial charge in [-0.15, -0.1) is 11.3 Å². The van der Waals surface area contributed by atoms with Crippen molar-refractivity contribution in [3.63, 3.8) is 0 Å². The van der Waals surface area contributed by atoms with Gasteiger partial charge in [0, 0.05) is 45.0 Å². The Morgan fingerprint density at radius 2 is 1.89 bits per heavy atom. The second-order valence-electron chi connectivity index (χ2n) is 8.97. The van der Waals surface area contributed by atoms with Gasteiger partial charge in [-0.1, -0.05) is 12.1 Å². The summed E-state index contributed by atoms with van der Waals surface area (Å²) in [5, 5.41) is 7.71. The molecule has 0 bridgehead atoms. The number of piperidine rings is 1. The number of piperazine rings is 1. The van der Waals surface area contributed by atoms with E-state index in [0.717, 1.165) is 68.0 Å². The lowest BCUT2D eigenvalue weighted by Crippen LogP contribution is -2.47. The summed E-state index contributed by atoms with van der Waals surface area (Å²) in [7, 11) is 0. The van der Waals surface area contributed by atoms with Crippen LogP contribution in [-0.2, 0) is 0 Å². The van der Waals surface area contributed by atoms with Crippen molar-refractivity contribution in [2.45, 2.75) is 18.9 Å². The Balaban J connectivity index is 1.32. The maximum Gasteiger partial charge on any atom is 0.264 e. The summed E-state index contributed by atoms with van der Waals surface area (Å²) in [4.78, 5) is 35.0. The standard InChI is InChI=1S/C25H28N8OS/c34-23-21(24-29-19-7-1-2-8-20(19)35-24)22(28-17-5-3-9-26-15-17)30-25(31-23)33-13-11-32(12-14-33)18-6-4-10-27-16-18/h1-2,4,6-8,10,16-17,26H,3,5,9,11-15H2,(H2,28,30,31,34)/t17-/m1/s1. The molecule has 0 spiro atoms. The fraction of sp³-hybridized carbons (Fsp3) is 0.360. The molecule has 3 N–H and O–H groups in total. The Labute approximate surface area is 207 Å². The normalized spacial score (nSPS) is 18.7. The third-order valence-electron chi connectivity index (χ3n) is 6.64. The molecule has 2 saturated heterocycles. The largest absolute Gasteiger partial charge is 0.367 e. The SMILES string of the molecule is O=c1[nH]c(N2CCN(c3cccnc3)CC2)nc(N[C@@H]2CCCNC2)c1-c1nc2ccccc2s1. The minimum absolute atomic E-state index is 0.157. The highest BCUT2D eigenvalue weighted by Crippen LogP contribution is 2.32. The molecule has 0 saturated carbocycles. The molecule has 0 unspecified atom stereocenters. The quantitative estimate of drug-likeness (QED) is 0.394. The molecule has 4 aromatic rings. The molecular weight excluding hydrogens is 460 g/mol. The maximum absolute atomic E-state index is 13.5. The number of thiazole rings is 1. The van der Waals surface area contributed by atoms with Crippen LogP contribution in [-0.4, -0.2) is 65.2 Å². The number of hydrogen-bond donors (Lipinski definition) is 3. The van der Waals surface area contributed by atoms with Crippen LogP contribution in [0.2, 0.25) is 0 Å². The number of anilines is 3. The zero-order valence-corrected chi connectivity index (χ0v) is 20.2. The second kappa shape index (κ2) is 9.63. The predicted octanol–water partition coefficient (Wildman–Crippen LogP) is 2.93. The molecule has 2 aliphatic rings. The number of rotatable bonds is 5. The average molecular weight is 489 g/mol. The zero-order chi connectivity index (χ0) is 23.6. The second-order valence-corrected chi connectivity index (χ2v) is 10.0. The summed E-state index contributed by atoms with van der Waals surface area (Å²) in [5.74, 6) is 1.23. The van der Waals surface area contributed by atoms with Crippen molar-refractivity contribution in [3.8, 4) is 10.6 Å².